The first-order chi connectivity index (χ1) is 15.3. The van der Waals surface area contributed by atoms with Crippen molar-refractivity contribution in [2.75, 3.05) is 47.6 Å². The number of ether oxygens (including phenoxy) is 3. The predicted molar refractivity (Wildman–Crippen MR) is 121 cm³/mol. The molecule has 1 aliphatic rings. The molecule has 2 aromatic rings. The van der Waals surface area contributed by atoms with Gasteiger partial charge in [0.1, 0.15) is 0 Å². The fraction of sp³-hybridized carbons (Fsp3) is 0.435. The number of carbonyl (C=O) groups is 1. The number of amides is 1. The van der Waals surface area contributed by atoms with Gasteiger partial charge in [0.25, 0.3) is 0 Å². The molecule has 2 aromatic carbocycles. The number of sulfonamides is 1. The molecule has 174 valence electrons. The van der Waals surface area contributed by atoms with Crippen LogP contribution in [0.15, 0.2) is 53.4 Å². The number of benzene rings is 2. The number of methoxy groups -OCH3 is 2. The molecule has 0 saturated carbocycles. The molecule has 0 bridgehead atoms. The van der Waals surface area contributed by atoms with Gasteiger partial charge in [0, 0.05) is 38.3 Å². The van der Waals surface area contributed by atoms with Crippen LogP contribution < -0.4 is 14.8 Å². The first-order valence-corrected chi connectivity index (χ1v) is 11.8. The van der Waals surface area contributed by atoms with E-state index < -0.39 is 10.0 Å². The highest BCUT2D eigenvalue weighted by Crippen LogP contribution is 2.34. The fourth-order valence-electron chi connectivity index (χ4n) is 3.89. The number of hydrogen-bond donors (Lipinski definition) is 1. The first kappa shape index (κ1) is 24.0. The van der Waals surface area contributed by atoms with E-state index in [9.17, 15) is 13.2 Å². The van der Waals surface area contributed by atoms with Crippen LogP contribution in [0, 0.1) is 0 Å². The van der Waals surface area contributed by atoms with E-state index in [-0.39, 0.29) is 22.8 Å². The molecule has 1 fully saturated rings. The van der Waals surface area contributed by atoms with Gasteiger partial charge in [-0.15, -0.1) is 0 Å². The van der Waals surface area contributed by atoms with Gasteiger partial charge in [-0.1, -0.05) is 30.3 Å². The lowest BCUT2D eigenvalue weighted by atomic mass is 9.74. The Morgan fingerprint density at radius 1 is 1.06 bits per heavy atom. The quantitative estimate of drug-likeness (QED) is 0.614. The molecule has 1 saturated heterocycles. The Hall–Kier alpha value is -2.62. The number of carbonyl (C=O) groups excluding carboxylic acids is 1. The minimum Gasteiger partial charge on any atom is -0.493 e. The molecule has 0 aliphatic carbocycles. The molecule has 1 N–H and O–H groups in total. The monoisotopic (exact) mass is 462 g/mol. The van der Waals surface area contributed by atoms with Crippen LogP contribution in [0.3, 0.4) is 0 Å². The van der Waals surface area contributed by atoms with Gasteiger partial charge < -0.3 is 19.5 Å². The number of likely N-dealkylation sites (N-methyl/N-ethyl adjacent to an activating group) is 1. The van der Waals surface area contributed by atoms with Crippen LogP contribution in [0.25, 0.3) is 0 Å². The summed E-state index contributed by atoms with van der Waals surface area (Å²) in [5.74, 6) is 0.364. The zero-order valence-electron chi connectivity index (χ0n) is 18.7. The topological polar surface area (TPSA) is 94.2 Å². The van der Waals surface area contributed by atoms with Gasteiger partial charge in [-0.05, 0) is 30.5 Å². The Morgan fingerprint density at radius 3 is 2.34 bits per heavy atom. The number of rotatable bonds is 9. The summed E-state index contributed by atoms with van der Waals surface area (Å²) in [5.41, 5.74) is 0.922. The SMILES string of the molecule is COc1ccc(S(=O)(=O)N(C)CC(=O)NCC2(c3ccccc3)CCOCC2)cc1OC. The molecule has 0 aromatic heterocycles. The van der Waals surface area contributed by atoms with E-state index in [1.807, 2.05) is 18.2 Å². The number of hydrogen-bond acceptors (Lipinski definition) is 6. The Kier molecular flexibility index (Phi) is 7.76. The molecule has 1 heterocycles. The smallest absolute Gasteiger partial charge is 0.243 e. The second-order valence-electron chi connectivity index (χ2n) is 7.81. The van der Waals surface area contributed by atoms with Crippen LogP contribution in [-0.2, 0) is 25.0 Å². The van der Waals surface area contributed by atoms with Crippen LogP contribution in [0.4, 0.5) is 0 Å². The van der Waals surface area contributed by atoms with E-state index in [1.54, 1.807) is 0 Å². The highest BCUT2D eigenvalue weighted by atomic mass is 32.2. The van der Waals surface area contributed by atoms with Gasteiger partial charge in [0.2, 0.25) is 15.9 Å². The minimum absolute atomic E-state index is 0.0237. The minimum atomic E-state index is -3.89. The number of nitrogens with zero attached hydrogens (tertiary/aromatic N) is 1. The van der Waals surface area contributed by atoms with E-state index in [2.05, 4.69) is 17.4 Å². The van der Waals surface area contributed by atoms with Gasteiger partial charge in [-0.25, -0.2) is 8.42 Å². The van der Waals surface area contributed by atoms with E-state index in [0.29, 0.717) is 31.3 Å². The standard InChI is InChI=1S/C23H30N2O6S/c1-25(32(27,28)19-9-10-20(29-2)21(15-19)30-3)16-22(26)24-17-23(11-13-31-14-12-23)18-7-5-4-6-8-18/h4-10,15H,11-14,16-17H2,1-3H3,(H,24,26). The summed E-state index contributed by atoms with van der Waals surface area (Å²) in [5, 5.41) is 2.94. The molecule has 0 radical (unpaired) electrons. The largest absolute Gasteiger partial charge is 0.493 e. The van der Waals surface area contributed by atoms with Crippen LogP contribution in [0.2, 0.25) is 0 Å². The third-order valence-corrected chi connectivity index (χ3v) is 7.69. The average molecular weight is 463 g/mol. The van der Waals surface area contributed by atoms with E-state index in [4.69, 9.17) is 14.2 Å². The maximum absolute atomic E-state index is 13.0. The Bertz CT molecular complexity index is 1020. The fourth-order valence-corrected chi connectivity index (χ4v) is 5.03. The normalized spacial score (nSPS) is 15.9. The van der Waals surface area contributed by atoms with Crippen LogP contribution in [0.5, 0.6) is 11.5 Å². The zero-order valence-corrected chi connectivity index (χ0v) is 19.5. The van der Waals surface area contributed by atoms with E-state index in [0.717, 1.165) is 22.7 Å². The third kappa shape index (κ3) is 5.23. The summed E-state index contributed by atoms with van der Waals surface area (Å²) in [6.45, 7) is 1.37. The van der Waals surface area contributed by atoms with Crippen molar-refractivity contribution in [2.45, 2.75) is 23.2 Å². The highest BCUT2D eigenvalue weighted by Gasteiger charge is 2.35. The molecule has 1 aliphatic heterocycles. The molecule has 9 heteroatoms. The molecule has 0 atom stereocenters. The molecule has 0 unspecified atom stereocenters. The molecular formula is C23H30N2O6S. The lowest BCUT2D eigenvalue weighted by Gasteiger charge is -2.38. The third-order valence-electron chi connectivity index (χ3n) is 5.89. The molecule has 0 spiro atoms. The lowest BCUT2D eigenvalue weighted by Crippen LogP contribution is -2.47. The zero-order chi connectivity index (χ0) is 23.2. The second-order valence-corrected chi connectivity index (χ2v) is 9.86. The Labute approximate surface area is 189 Å². The second kappa shape index (κ2) is 10.3. The van der Waals surface area contributed by atoms with E-state index in [1.165, 1.54) is 39.5 Å². The van der Waals surface area contributed by atoms with Gasteiger partial charge in [0.15, 0.2) is 11.5 Å². The summed E-state index contributed by atoms with van der Waals surface area (Å²) in [6, 6.07) is 14.4. The summed E-state index contributed by atoms with van der Waals surface area (Å²) in [4.78, 5) is 12.7. The molecule has 3 rings (SSSR count). The summed E-state index contributed by atoms with van der Waals surface area (Å²) in [6.07, 6.45) is 1.58. The van der Waals surface area contributed by atoms with Crippen molar-refractivity contribution in [2.24, 2.45) is 0 Å². The Balaban J connectivity index is 1.68. The maximum atomic E-state index is 13.0. The summed E-state index contributed by atoms with van der Waals surface area (Å²) >= 11 is 0. The molecule has 8 nitrogen and oxygen atoms in total. The van der Waals surface area contributed by atoms with Gasteiger partial charge in [-0.2, -0.15) is 4.31 Å². The molecule has 1 amide bonds. The first-order valence-electron chi connectivity index (χ1n) is 10.4. The van der Waals surface area contributed by atoms with Crippen molar-refractivity contribution in [3.8, 4) is 11.5 Å². The summed E-state index contributed by atoms with van der Waals surface area (Å²) in [7, 11) is 0.407. The Morgan fingerprint density at radius 2 is 1.72 bits per heavy atom. The van der Waals surface area contributed by atoms with Crippen LogP contribution in [-0.4, -0.2) is 66.2 Å². The van der Waals surface area contributed by atoms with Crippen molar-refractivity contribution < 1.29 is 27.4 Å². The maximum Gasteiger partial charge on any atom is 0.243 e. The summed E-state index contributed by atoms with van der Waals surface area (Å²) < 4.78 is 42.8. The predicted octanol–water partition coefficient (Wildman–Crippen LogP) is 2.19. The van der Waals surface area contributed by atoms with Crippen LogP contribution in [0.1, 0.15) is 18.4 Å². The molecule has 32 heavy (non-hydrogen) atoms. The highest BCUT2D eigenvalue weighted by molar-refractivity contribution is 7.89. The van der Waals surface area contributed by atoms with Crippen molar-refractivity contribution in [3.63, 3.8) is 0 Å². The van der Waals surface area contributed by atoms with Gasteiger partial charge in [-0.3, -0.25) is 4.79 Å². The van der Waals surface area contributed by atoms with Crippen molar-refractivity contribution in [3.05, 3.63) is 54.1 Å². The van der Waals surface area contributed by atoms with Crippen molar-refractivity contribution >= 4 is 15.9 Å². The van der Waals surface area contributed by atoms with Crippen LogP contribution >= 0.6 is 0 Å². The van der Waals surface area contributed by atoms with Gasteiger partial charge in [0.05, 0.1) is 25.7 Å². The van der Waals surface area contributed by atoms with Crippen molar-refractivity contribution in [1.82, 2.24) is 9.62 Å². The number of nitrogens with one attached hydrogen (secondary N) is 1. The lowest BCUT2D eigenvalue weighted by molar-refractivity contribution is -0.121. The average Bonchev–Trinajstić information content (AvgIpc) is 2.83. The van der Waals surface area contributed by atoms with Gasteiger partial charge >= 0.3 is 0 Å². The van der Waals surface area contributed by atoms with Crippen molar-refractivity contribution in [1.29, 1.82) is 0 Å². The molecular weight excluding hydrogens is 432 g/mol. The van der Waals surface area contributed by atoms with E-state index >= 15 is 0 Å².